The van der Waals surface area contributed by atoms with Gasteiger partial charge in [-0.25, -0.2) is 14.2 Å². The van der Waals surface area contributed by atoms with Crippen molar-refractivity contribution in [3.05, 3.63) is 17.2 Å². The van der Waals surface area contributed by atoms with Crippen molar-refractivity contribution in [2.45, 2.75) is 50.1 Å². The van der Waals surface area contributed by atoms with Gasteiger partial charge in [0.2, 0.25) is 0 Å². The first-order valence-electron chi connectivity index (χ1n) is 12.1. The molecule has 2 unspecified atom stereocenters. The number of piperidine rings is 1. The molecular weight excluding hydrogens is 463 g/mol. The molecule has 3 aliphatic heterocycles. The zero-order valence-corrected chi connectivity index (χ0v) is 19.6. The van der Waals surface area contributed by atoms with Gasteiger partial charge in [-0.15, -0.1) is 0 Å². The summed E-state index contributed by atoms with van der Waals surface area (Å²) in [7, 11) is 0. The average Bonchev–Trinajstić information content (AvgIpc) is 3.44. The number of rotatable bonds is 5. The lowest BCUT2D eigenvalue weighted by Gasteiger charge is -2.38. The predicted octanol–water partition coefficient (Wildman–Crippen LogP) is 3.31. The van der Waals surface area contributed by atoms with Crippen LogP contribution < -0.4 is 15.0 Å². The number of carboxylic acid groups (broad SMARTS) is 1. The topological polar surface area (TPSA) is 104 Å². The number of anilines is 1. The van der Waals surface area contributed by atoms with Crippen LogP contribution in [0.5, 0.6) is 6.01 Å². The third-order valence-electron chi connectivity index (χ3n) is 8.31. The highest BCUT2D eigenvalue weighted by atomic mass is 35.5. The Labute approximate surface area is 201 Å². The van der Waals surface area contributed by atoms with Gasteiger partial charge in [-0.3, -0.25) is 4.90 Å². The van der Waals surface area contributed by atoms with Gasteiger partial charge in [0.05, 0.1) is 10.9 Å². The number of pyridine rings is 1. The van der Waals surface area contributed by atoms with Crippen molar-refractivity contribution in [3.63, 3.8) is 0 Å². The highest BCUT2D eigenvalue weighted by molar-refractivity contribution is 6.30. The molecule has 2 aromatic heterocycles. The van der Waals surface area contributed by atoms with Crippen LogP contribution in [0.4, 0.5) is 15.0 Å². The third kappa shape index (κ3) is 3.62. The number of amides is 1. The standard InChI is InChI=1S/C23H28ClFN6O3/c24-19-16(25)18-15(9-26-19)20(30-10-13-3-4-14(11-30)17(13)28-22(32)33)29-21(27-18)34-12-23-5-1-7-31(23)8-2-6-23/h9,13-14,17,28H,1-8,10-12H2,(H,32,33)/t13-,14?,17?/m0/s1. The molecule has 1 amide bonds. The van der Waals surface area contributed by atoms with Crippen LogP contribution in [-0.4, -0.2) is 75.4 Å². The SMILES string of the molecule is O=C(O)NC1C2CC[C@H]1CN(c1nc(OCC34CCCN3CCC4)nc3c(F)c(Cl)ncc13)C2. The molecule has 0 aromatic carbocycles. The molecule has 2 bridgehead atoms. The minimum absolute atomic E-state index is 0.0207. The van der Waals surface area contributed by atoms with Crippen molar-refractivity contribution in [2.24, 2.45) is 11.8 Å². The molecule has 4 fully saturated rings. The number of hydrogen-bond donors (Lipinski definition) is 2. The van der Waals surface area contributed by atoms with Crippen LogP contribution in [0.3, 0.4) is 0 Å². The van der Waals surface area contributed by atoms with Crippen LogP contribution in [0.2, 0.25) is 5.15 Å². The molecule has 1 saturated carbocycles. The molecule has 0 spiro atoms. The molecule has 182 valence electrons. The number of carbonyl (C=O) groups is 1. The minimum Gasteiger partial charge on any atom is -0.465 e. The highest BCUT2D eigenvalue weighted by Gasteiger charge is 2.46. The number of nitrogens with one attached hydrogen (secondary N) is 1. The normalized spacial score (nSPS) is 27.8. The van der Waals surface area contributed by atoms with Crippen LogP contribution >= 0.6 is 11.6 Å². The second-order valence-electron chi connectivity index (χ2n) is 10.1. The van der Waals surface area contributed by atoms with Crippen molar-refractivity contribution < 1.29 is 19.0 Å². The van der Waals surface area contributed by atoms with Gasteiger partial charge in [0.1, 0.15) is 17.9 Å². The van der Waals surface area contributed by atoms with E-state index >= 15 is 4.39 Å². The summed E-state index contributed by atoms with van der Waals surface area (Å²) in [5.74, 6) is 0.220. The summed E-state index contributed by atoms with van der Waals surface area (Å²) >= 11 is 5.98. The largest absolute Gasteiger partial charge is 0.465 e. The van der Waals surface area contributed by atoms with Crippen LogP contribution in [0, 0.1) is 17.7 Å². The van der Waals surface area contributed by atoms with Crippen LogP contribution in [0.25, 0.3) is 10.9 Å². The second-order valence-corrected chi connectivity index (χ2v) is 10.5. The Bertz CT molecular complexity index is 1110. The van der Waals surface area contributed by atoms with E-state index in [1.165, 1.54) is 6.20 Å². The van der Waals surface area contributed by atoms with Crippen molar-refractivity contribution in [3.8, 4) is 6.01 Å². The summed E-state index contributed by atoms with van der Waals surface area (Å²) in [5, 5.41) is 12.2. The number of hydrogen-bond acceptors (Lipinski definition) is 7. The predicted molar refractivity (Wildman–Crippen MR) is 124 cm³/mol. The zero-order chi connectivity index (χ0) is 23.4. The maximum Gasteiger partial charge on any atom is 0.404 e. The maximum atomic E-state index is 15.0. The van der Waals surface area contributed by atoms with E-state index in [0.717, 1.165) is 51.6 Å². The van der Waals surface area contributed by atoms with Crippen molar-refractivity contribution in [1.82, 2.24) is 25.2 Å². The Kier molecular flexibility index (Phi) is 5.40. The van der Waals surface area contributed by atoms with Gasteiger partial charge < -0.3 is 20.1 Å². The Balaban J connectivity index is 1.33. The molecule has 6 rings (SSSR count). The zero-order valence-electron chi connectivity index (χ0n) is 18.8. The van der Waals surface area contributed by atoms with E-state index in [1.807, 2.05) is 0 Å². The number of nitrogens with zero attached hydrogens (tertiary/aromatic N) is 5. The smallest absolute Gasteiger partial charge is 0.404 e. The molecule has 9 nitrogen and oxygen atoms in total. The van der Waals surface area contributed by atoms with Crippen molar-refractivity contribution in [1.29, 1.82) is 0 Å². The first-order chi connectivity index (χ1) is 16.4. The lowest BCUT2D eigenvalue weighted by atomic mass is 9.92. The lowest BCUT2D eigenvalue weighted by molar-refractivity contribution is 0.108. The summed E-state index contributed by atoms with van der Waals surface area (Å²) in [5.41, 5.74) is 0.123. The van der Waals surface area contributed by atoms with E-state index in [2.05, 4.69) is 25.1 Å². The summed E-state index contributed by atoms with van der Waals surface area (Å²) < 4.78 is 21.2. The van der Waals surface area contributed by atoms with Crippen molar-refractivity contribution in [2.75, 3.05) is 37.7 Å². The summed E-state index contributed by atoms with van der Waals surface area (Å²) in [6, 6.07) is 0.0756. The first kappa shape index (κ1) is 22.0. The molecule has 3 atom stereocenters. The number of aromatic nitrogens is 3. The Hall–Kier alpha value is -2.46. The minimum atomic E-state index is -0.994. The van der Waals surface area contributed by atoms with Crippen LogP contribution in [0.15, 0.2) is 6.20 Å². The van der Waals surface area contributed by atoms with Gasteiger partial charge >= 0.3 is 12.1 Å². The van der Waals surface area contributed by atoms with Gasteiger partial charge in [-0.1, -0.05) is 11.6 Å². The maximum absolute atomic E-state index is 15.0. The fraction of sp³-hybridized carbons (Fsp3) is 0.652. The fourth-order valence-electron chi connectivity index (χ4n) is 6.74. The molecule has 11 heteroatoms. The van der Waals surface area contributed by atoms with Gasteiger partial charge in [0.25, 0.3) is 0 Å². The fourth-order valence-corrected chi connectivity index (χ4v) is 6.88. The molecular formula is C23H28ClFN6O3. The van der Waals surface area contributed by atoms with Gasteiger partial charge in [0.15, 0.2) is 11.0 Å². The van der Waals surface area contributed by atoms with E-state index in [1.54, 1.807) is 0 Å². The Morgan fingerprint density at radius 1 is 1.24 bits per heavy atom. The Morgan fingerprint density at radius 3 is 2.62 bits per heavy atom. The van der Waals surface area contributed by atoms with E-state index in [4.69, 9.17) is 21.3 Å². The monoisotopic (exact) mass is 490 g/mol. The quantitative estimate of drug-likeness (QED) is 0.615. The highest BCUT2D eigenvalue weighted by Crippen LogP contribution is 2.41. The van der Waals surface area contributed by atoms with Gasteiger partial charge in [0, 0.05) is 25.3 Å². The molecule has 0 radical (unpaired) electrons. The van der Waals surface area contributed by atoms with Gasteiger partial charge in [-0.05, 0) is 63.5 Å². The van der Waals surface area contributed by atoms with Crippen molar-refractivity contribution >= 4 is 34.4 Å². The lowest BCUT2D eigenvalue weighted by Crippen LogP contribution is -2.52. The number of ether oxygens (including phenoxy) is 1. The molecule has 4 aliphatic rings. The van der Waals surface area contributed by atoms with Gasteiger partial charge in [-0.2, -0.15) is 9.97 Å². The number of fused-ring (bicyclic) bond motifs is 4. The molecule has 2 N–H and O–H groups in total. The summed E-state index contributed by atoms with van der Waals surface area (Å²) in [6.07, 6.45) is 6.89. The molecule has 2 aromatic rings. The van der Waals surface area contributed by atoms with Crippen LogP contribution in [0.1, 0.15) is 38.5 Å². The number of halogens is 2. The third-order valence-corrected chi connectivity index (χ3v) is 8.57. The molecule has 34 heavy (non-hydrogen) atoms. The van der Waals surface area contributed by atoms with E-state index in [9.17, 15) is 9.90 Å². The average molecular weight is 491 g/mol. The molecule has 3 saturated heterocycles. The molecule has 1 aliphatic carbocycles. The van der Waals surface area contributed by atoms with Crippen LogP contribution in [-0.2, 0) is 0 Å². The van der Waals surface area contributed by atoms with E-state index in [0.29, 0.717) is 30.9 Å². The molecule has 5 heterocycles. The first-order valence-corrected chi connectivity index (χ1v) is 12.5. The second kappa shape index (κ2) is 8.34. The summed E-state index contributed by atoms with van der Waals surface area (Å²) in [6.45, 7) is 3.90. The van der Waals surface area contributed by atoms with E-state index in [-0.39, 0.29) is 40.1 Å². The summed E-state index contributed by atoms with van der Waals surface area (Å²) in [4.78, 5) is 29.0. The van der Waals surface area contributed by atoms with E-state index < -0.39 is 11.9 Å². The Morgan fingerprint density at radius 2 is 1.94 bits per heavy atom.